The van der Waals surface area contributed by atoms with E-state index in [1.54, 1.807) is 0 Å². The number of fused-ring (bicyclic) bond motifs is 1. The third kappa shape index (κ3) is 3.81. The number of carbonyl (C=O) groups is 1. The second kappa shape index (κ2) is 7.28. The van der Waals surface area contributed by atoms with Gasteiger partial charge in [0.2, 0.25) is 0 Å². The summed E-state index contributed by atoms with van der Waals surface area (Å²) in [4.78, 5) is 13.7. The van der Waals surface area contributed by atoms with Gasteiger partial charge in [-0.05, 0) is 47.1 Å². The van der Waals surface area contributed by atoms with E-state index in [2.05, 4.69) is 54.4 Å². The summed E-state index contributed by atoms with van der Waals surface area (Å²) in [5.41, 5.74) is 3.05. The van der Waals surface area contributed by atoms with Crippen molar-refractivity contribution in [2.75, 3.05) is 14.2 Å². The van der Waals surface area contributed by atoms with Crippen LogP contribution in [0.1, 0.15) is 21.5 Å². The first-order valence-corrected chi connectivity index (χ1v) is 7.99. The minimum Gasteiger partial charge on any atom is -0.465 e. The van der Waals surface area contributed by atoms with Gasteiger partial charge >= 0.3 is 5.97 Å². The molecule has 0 spiro atoms. The highest BCUT2D eigenvalue weighted by atomic mass is 16.5. The molecule has 122 valence electrons. The lowest BCUT2D eigenvalue weighted by molar-refractivity contribution is 0.0600. The second-order valence-electron chi connectivity index (χ2n) is 6.04. The molecule has 24 heavy (non-hydrogen) atoms. The Balaban J connectivity index is 1.65. The van der Waals surface area contributed by atoms with Gasteiger partial charge in [0, 0.05) is 13.1 Å². The predicted octanol–water partition coefficient (Wildman–Crippen LogP) is 4.26. The number of ether oxygens (including phenoxy) is 1. The Morgan fingerprint density at radius 3 is 2.21 bits per heavy atom. The maximum atomic E-state index is 11.5. The SMILES string of the molecule is COC(=O)c1ccc(CN(C)Cc2ccc3ccccc3c2)cc1. The maximum Gasteiger partial charge on any atom is 0.337 e. The van der Waals surface area contributed by atoms with Crippen LogP contribution in [0, 0.1) is 0 Å². The van der Waals surface area contributed by atoms with E-state index in [1.807, 2.05) is 24.3 Å². The highest BCUT2D eigenvalue weighted by Gasteiger charge is 2.06. The Bertz CT molecular complexity index is 840. The van der Waals surface area contributed by atoms with Gasteiger partial charge in [0.1, 0.15) is 0 Å². The Morgan fingerprint density at radius 1 is 0.875 bits per heavy atom. The average Bonchev–Trinajstić information content (AvgIpc) is 2.61. The minimum atomic E-state index is -0.300. The summed E-state index contributed by atoms with van der Waals surface area (Å²) in [6.45, 7) is 1.71. The summed E-state index contributed by atoms with van der Waals surface area (Å²) in [6, 6.07) is 22.6. The fraction of sp³-hybridized carbons (Fsp3) is 0.190. The zero-order valence-corrected chi connectivity index (χ0v) is 14.0. The lowest BCUT2D eigenvalue weighted by Gasteiger charge is -2.17. The first-order valence-electron chi connectivity index (χ1n) is 7.99. The lowest BCUT2D eigenvalue weighted by atomic mass is 10.1. The molecule has 0 fully saturated rings. The molecule has 0 N–H and O–H groups in total. The molecule has 0 aliphatic heterocycles. The van der Waals surface area contributed by atoms with Gasteiger partial charge in [0.25, 0.3) is 0 Å². The molecular weight excluding hydrogens is 298 g/mol. The first kappa shape index (κ1) is 16.2. The second-order valence-corrected chi connectivity index (χ2v) is 6.04. The summed E-state index contributed by atoms with van der Waals surface area (Å²) in [7, 11) is 3.50. The Kier molecular flexibility index (Phi) is 4.92. The van der Waals surface area contributed by atoms with E-state index in [0.717, 1.165) is 13.1 Å². The summed E-state index contributed by atoms with van der Waals surface area (Å²) >= 11 is 0. The summed E-state index contributed by atoms with van der Waals surface area (Å²) in [6.07, 6.45) is 0. The molecule has 0 heterocycles. The van der Waals surface area contributed by atoms with Gasteiger partial charge in [-0.15, -0.1) is 0 Å². The Hall–Kier alpha value is -2.65. The molecule has 0 aliphatic rings. The smallest absolute Gasteiger partial charge is 0.337 e. The normalized spacial score (nSPS) is 11.0. The fourth-order valence-electron chi connectivity index (χ4n) is 2.88. The lowest BCUT2D eigenvalue weighted by Crippen LogP contribution is -2.17. The largest absolute Gasteiger partial charge is 0.465 e. The van der Waals surface area contributed by atoms with Crippen molar-refractivity contribution in [3.8, 4) is 0 Å². The van der Waals surface area contributed by atoms with E-state index in [0.29, 0.717) is 5.56 Å². The summed E-state index contributed by atoms with van der Waals surface area (Å²) < 4.78 is 4.72. The van der Waals surface area contributed by atoms with Crippen molar-refractivity contribution in [2.24, 2.45) is 0 Å². The standard InChI is InChI=1S/C21H21NO2/c1-22(14-16-7-11-19(12-8-16)21(23)24-2)15-17-9-10-18-5-3-4-6-20(18)13-17/h3-13H,14-15H2,1-2H3. The molecule has 0 aromatic heterocycles. The molecule has 0 aliphatic carbocycles. The van der Waals surface area contributed by atoms with Crippen LogP contribution in [0.25, 0.3) is 10.8 Å². The minimum absolute atomic E-state index is 0.300. The van der Waals surface area contributed by atoms with E-state index < -0.39 is 0 Å². The highest BCUT2D eigenvalue weighted by molar-refractivity contribution is 5.89. The van der Waals surface area contributed by atoms with Crippen LogP contribution < -0.4 is 0 Å². The van der Waals surface area contributed by atoms with Crippen molar-refractivity contribution in [3.05, 3.63) is 83.4 Å². The zero-order chi connectivity index (χ0) is 16.9. The Labute approximate surface area is 142 Å². The van der Waals surface area contributed by atoms with Gasteiger partial charge in [-0.1, -0.05) is 48.5 Å². The average molecular weight is 319 g/mol. The molecule has 3 aromatic rings. The number of hydrogen-bond acceptors (Lipinski definition) is 3. The van der Waals surface area contributed by atoms with Crippen molar-refractivity contribution < 1.29 is 9.53 Å². The predicted molar refractivity (Wildman–Crippen MR) is 96.9 cm³/mol. The van der Waals surface area contributed by atoms with Crippen LogP contribution in [-0.2, 0) is 17.8 Å². The van der Waals surface area contributed by atoms with E-state index in [1.165, 1.54) is 29.0 Å². The van der Waals surface area contributed by atoms with Crippen molar-refractivity contribution in [2.45, 2.75) is 13.1 Å². The van der Waals surface area contributed by atoms with Gasteiger partial charge in [-0.25, -0.2) is 4.79 Å². The number of carbonyl (C=O) groups excluding carboxylic acids is 1. The van der Waals surface area contributed by atoms with Gasteiger partial charge < -0.3 is 4.74 Å². The Morgan fingerprint density at radius 2 is 1.50 bits per heavy atom. The summed E-state index contributed by atoms with van der Waals surface area (Å²) in [5.74, 6) is -0.300. The molecule has 3 heteroatoms. The third-order valence-corrected chi connectivity index (χ3v) is 4.09. The number of methoxy groups -OCH3 is 1. The fourth-order valence-corrected chi connectivity index (χ4v) is 2.88. The molecule has 3 nitrogen and oxygen atoms in total. The molecule has 0 saturated heterocycles. The van der Waals surface area contributed by atoms with Crippen LogP contribution in [0.4, 0.5) is 0 Å². The van der Waals surface area contributed by atoms with Gasteiger partial charge in [0.05, 0.1) is 12.7 Å². The molecule has 0 saturated carbocycles. The third-order valence-electron chi connectivity index (χ3n) is 4.09. The van der Waals surface area contributed by atoms with Crippen LogP contribution in [0.5, 0.6) is 0 Å². The van der Waals surface area contributed by atoms with E-state index >= 15 is 0 Å². The molecule has 0 bridgehead atoms. The quantitative estimate of drug-likeness (QED) is 0.658. The summed E-state index contributed by atoms with van der Waals surface area (Å²) in [5, 5.41) is 2.54. The van der Waals surface area contributed by atoms with Crippen LogP contribution >= 0.6 is 0 Å². The molecule has 0 unspecified atom stereocenters. The van der Waals surface area contributed by atoms with Crippen molar-refractivity contribution in [1.29, 1.82) is 0 Å². The van der Waals surface area contributed by atoms with Gasteiger partial charge in [-0.2, -0.15) is 0 Å². The van der Waals surface area contributed by atoms with Crippen LogP contribution in [0.2, 0.25) is 0 Å². The molecule has 3 rings (SSSR count). The first-order chi connectivity index (χ1) is 11.7. The molecular formula is C21H21NO2. The van der Waals surface area contributed by atoms with Crippen molar-refractivity contribution >= 4 is 16.7 Å². The topological polar surface area (TPSA) is 29.5 Å². The van der Waals surface area contributed by atoms with E-state index in [4.69, 9.17) is 4.74 Å². The van der Waals surface area contributed by atoms with Crippen molar-refractivity contribution in [1.82, 2.24) is 4.90 Å². The van der Waals surface area contributed by atoms with Crippen LogP contribution in [0.3, 0.4) is 0 Å². The number of benzene rings is 3. The zero-order valence-electron chi connectivity index (χ0n) is 14.0. The highest BCUT2D eigenvalue weighted by Crippen LogP contribution is 2.17. The van der Waals surface area contributed by atoms with Crippen LogP contribution in [-0.4, -0.2) is 25.0 Å². The van der Waals surface area contributed by atoms with Gasteiger partial charge in [-0.3, -0.25) is 4.90 Å². The monoisotopic (exact) mass is 319 g/mol. The number of esters is 1. The number of hydrogen-bond donors (Lipinski definition) is 0. The number of nitrogens with zero attached hydrogens (tertiary/aromatic N) is 1. The molecule has 0 radical (unpaired) electrons. The molecule has 3 aromatic carbocycles. The maximum absolute atomic E-state index is 11.5. The van der Waals surface area contributed by atoms with E-state index in [9.17, 15) is 4.79 Å². The van der Waals surface area contributed by atoms with Gasteiger partial charge in [0.15, 0.2) is 0 Å². The molecule has 0 amide bonds. The van der Waals surface area contributed by atoms with E-state index in [-0.39, 0.29) is 5.97 Å². The van der Waals surface area contributed by atoms with Crippen molar-refractivity contribution in [3.63, 3.8) is 0 Å². The molecule has 0 atom stereocenters. The number of rotatable bonds is 5. The van der Waals surface area contributed by atoms with Crippen LogP contribution in [0.15, 0.2) is 66.7 Å².